The second-order valence-corrected chi connectivity index (χ2v) is 6.37. The lowest BCUT2D eigenvalue weighted by atomic mass is 9.79. The van der Waals surface area contributed by atoms with Crippen LogP contribution in [0.3, 0.4) is 0 Å². The van der Waals surface area contributed by atoms with Crippen molar-refractivity contribution >= 4 is 5.91 Å². The van der Waals surface area contributed by atoms with Gasteiger partial charge in [-0.1, -0.05) is 12.1 Å². The van der Waals surface area contributed by atoms with E-state index < -0.39 is 0 Å². The van der Waals surface area contributed by atoms with Crippen LogP contribution in [0.5, 0.6) is 11.5 Å². The standard InChI is InChI=1S/C18H25NO5/c1-21-9-7-14-8-10-24-18(14)12-19(13-18)17(20)11-23-16-6-4-3-5-15(16)22-2/h3-6,14H,7-13H2,1-2H3/t14-/m1/s1. The quantitative estimate of drug-likeness (QED) is 0.759. The van der Waals surface area contributed by atoms with Gasteiger partial charge in [0.15, 0.2) is 18.1 Å². The number of methoxy groups -OCH3 is 2. The predicted molar refractivity (Wildman–Crippen MR) is 88.4 cm³/mol. The molecule has 1 spiro atoms. The Labute approximate surface area is 142 Å². The lowest BCUT2D eigenvalue weighted by Gasteiger charge is -2.50. The van der Waals surface area contributed by atoms with E-state index in [4.69, 9.17) is 18.9 Å². The number of nitrogens with zero attached hydrogens (tertiary/aromatic N) is 1. The topological polar surface area (TPSA) is 57.2 Å². The summed E-state index contributed by atoms with van der Waals surface area (Å²) in [5.74, 6) is 1.66. The monoisotopic (exact) mass is 335 g/mol. The molecule has 2 fully saturated rings. The van der Waals surface area contributed by atoms with E-state index in [0.29, 0.717) is 30.5 Å². The Hall–Kier alpha value is -1.79. The third-order valence-electron chi connectivity index (χ3n) is 4.96. The summed E-state index contributed by atoms with van der Waals surface area (Å²) >= 11 is 0. The smallest absolute Gasteiger partial charge is 0.260 e. The molecule has 0 aliphatic carbocycles. The van der Waals surface area contributed by atoms with Crippen molar-refractivity contribution in [1.82, 2.24) is 4.90 Å². The van der Waals surface area contributed by atoms with Gasteiger partial charge in [-0.2, -0.15) is 0 Å². The first-order valence-electron chi connectivity index (χ1n) is 8.35. The molecule has 1 atom stereocenters. The summed E-state index contributed by atoms with van der Waals surface area (Å²) in [4.78, 5) is 14.1. The van der Waals surface area contributed by atoms with Gasteiger partial charge >= 0.3 is 0 Å². The molecule has 6 nitrogen and oxygen atoms in total. The number of benzene rings is 1. The third kappa shape index (κ3) is 3.35. The highest BCUT2D eigenvalue weighted by atomic mass is 16.5. The van der Waals surface area contributed by atoms with Gasteiger partial charge in [0.05, 0.1) is 20.2 Å². The van der Waals surface area contributed by atoms with Gasteiger partial charge in [-0.3, -0.25) is 4.79 Å². The van der Waals surface area contributed by atoms with Crippen LogP contribution < -0.4 is 9.47 Å². The van der Waals surface area contributed by atoms with Crippen molar-refractivity contribution < 1.29 is 23.7 Å². The van der Waals surface area contributed by atoms with Crippen LogP contribution in [0.25, 0.3) is 0 Å². The summed E-state index contributed by atoms with van der Waals surface area (Å²) < 4.78 is 22.0. The predicted octanol–water partition coefficient (Wildman–Crippen LogP) is 1.73. The van der Waals surface area contributed by atoms with E-state index in [1.165, 1.54) is 0 Å². The number of carbonyl (C=O) groups is 1. The van der Waals surface area contributed by atoms with Gasteiger partial charge in [0, 0.05) is 20.3 Å². The fraction of sp³-hybridized carbons (Fsp3) is 0.611. The molecule has 24 heavy (non-hydrogen) atoms. The third-order valence-corrected chi connectivity index (χ3v) is 4.96. The number of carbonyl (C=O) groups excluding carboxylic acids is 1. The maximum absolute atomic E-state index is 12.3. The van der Waals surface area contributed by atoms with Crippen molar-refractivity contribution in [1.29, 1.82) is 0 Å². The largest absolute Gasteiger partial charge is 0.493 e. The van der Waals surface area contributed by atoms with Crippen molar-refractivity contribution in [3.05, 3.63) is 24.3 Å². The van der Waals surface area contributed by atoms with Crippen molar-refractivity contribution in [2.75, 3.05) is 47.1 Å². The van der Waals surface area contributed by atoms with Crippen LogP contribution in [-0.2, 0) is 14.3 Å². The van der Waals surface area contributed by atoms with Crippen molar-refractivity contribution in [2.24, 2.45) is 5.92 Å². The zero-order valence-corrected chi connectivity index (χ0v) is 14.3. The molecule has 0 saturated carbocycles. The number of para-hydroxylation sites is 2. The molecule has 6 heteroatoms. The lowest BCUT2D eigenvalue weighted by molar-refractivity contribution is -0.167. The number of rotatable bonds is 7. The Kier molecular flexibility index (Phi) is 5.26. The average Bonchev–Trinajstić information content (AvgIpc) is 3.00. The number of likely N-dealkylation sites (tertiary alicyclic amines) is 1. The minimum atomic E-state index is -0.168. The van der Waals surface area contributed by atoms with Gasteiger partial charge < -0.3 is 23.8 Å². The summed E-state index contributed by atoms with van der Waals surface area (Å²) in [7, 11) is 3.30. The number of ether oxygens (including phenoxy) is 4. The molecule has 0 unspecified atom stereocenters. The average molecular weight is 335 g/mol. The van der Waals surface area contributed by atoms with Crippen LogP contribution in [0.1, 0.15) is 12.8 Å². The Morgan fingerprint density at radius 1 is 1.29 bits per heavy atom. The van der Waals surface area contributed by atoms with Gasteiger partial charge in [0.2, 0.25) is 0 Å². The van der Waals surface area contributed by atoms with Crippen LogP contribution in [0, 0.1) is 5.92 Å². The van der Waals surface area contributed by atoms with Crippen LogP contribution >= 0.6 is 0 Å². The molecule has 3 rings (SSSR count). The van der Waals surface area contributed by atoms with Crippen molar-refractivity contribution in [3.8, 4) is 11.5 Å². The molecule has 0 bridgehead atoms. The van der Waals surface area contributed by atoms with E-state index in [1.807, 2.05) is 18.2 Å². The summed E-state index contributed by atoms with van der Waals surface area (Å²) in [6, 6.07) is 7.33. The molecule has 2 saturated heterocycles. The van der Waals surface area contributed by atoms with Gasteiger partial charge in [0.25, 0.3) is 5.91 Å². The van der Waals surface area contributed by atoms with E-state index in [-0.39, 0.29) is 18.1 Å². The fourth-order valence-corrected chi connectivity index (χ4v) is 3.55. The minimum Gasteiger partial charge on any atom is -0.493 e. The zero-order chi connectivity index (χ0) is 17.0. The van der Waals surface area contributed by atoms with Crippen LogP contribution in [0.15, 0.2) is 24.3 Å². The van der Waals surface area contributed by atoms with E-state index in [1.54, 1.807) is 25.2 Å². The fourth-order valence-electron chi connectivity index (χ4n) is 3.55. The molecule has 1 aromatic carbocycles. The maximum atomic E-state index is 12.3. The molecule has 1 amide bonds. The number of hydrogen-bond donors (Lipinski definition) is 0. The van der Waals surface area contributed by atoms with Crippen LogP contribution in [0.4, 0.5) is 0 Å². The van der Waals surface area contributed by atoms with Crippen LogP contribution in [0.2, 0.25) is 0 Å². The first-order valence-corrected chi connectivity index (χ1v) is 8.35. The SMILES string of the molecule is COCC[C@@H]1CCOC12CN(C(=O)COc1ccccc1OC)C2. The molecule has 0 radical (unpaired) electrons. The normalized spacial score (nSPS) is 21.6. The van der Waals surface area contributed by atoms with Gasteiger partial charge in [-0.15, -0.1) is 0 Å². The number of hydrogen-bond acceptors (Lipinski definition) is 5. The Morgan fingerprint density at radius 3 is 2.75 bits per heavy atom. The van der Waals surface area contributed by atoms with Crippen molar-refractivity contribution in [2.45, 2.75) is 18.4 Å². The highest BCUT2D eigenvalue weighted by Gasteiger charge is 2.54. The van der Waals surface area contributed by atoms with E-state index in [2.05, 4.69) is 0 Å². The number of amides is 1. The zero-order valence-electron chi connectivity index (χ0n) is 14.3. The van der Waals surface area contributed by atoms with E-state index in [0.717, 1.165) is 26.1 Å². The Morgan fingerprint density at radius 2 is 2.04 bits per heavy atom. The van der Waals surface area contributed by atoms with E-state index >= 15 is 0 Å². The van der Waals surface area contributed by atoms with Crippen LogP contribution in [-0.4, -0.2) is 63.5 Å². The Balaban J connectivity index is 1.50. The molecule has 2 aliphatic rings. The Bertz CT molecular complexity index is 570. The molecule has 2 heterocycles. The summed E-state index contributed by atoms with van der Waals surface area (Å²) in [6.07, 6.45) is 2.03. The summed E-state index contributed by atoms with van der Waals surface area (Å²) in [6.45, 7) is 2.82. The molecule has 0 aromatic heterocycles. The van der Waals surface area contributed by atoms with Gasteiger partial charge in [-0.25, -0.2) is 0 Å². The molecular weight excluding hydrogens is 310 g/mol. The van der Waals surface area contributed by atoms with Gasteiger partial charge in [0.1, 0.15) is 5.60 Å². The highest BCUT2D eigenvalue weighted by Crippen LogP contribution is 2.41. The minimum absolute atomic E-state index is 0.0131. The first-order chi connectivity index (χ1) is 11.7. The highest BCUT2D eigenvalue weighted by molar-refractivity contribution is 5.79. The van der Waals surface area contributed by atoms with Gasteiger partial charge in [-0.05, 0) is 30.9 Å². The molecule has 0 N–H and O–H groups in total. The second-order valence-electron chi connectivity index (χ2n) is 6.37. The summed E-state index contributed by atoms with van der Waals surface area (Å²) in [5, 5.41) is 0. The summed E-state index contributed by atoms with van der Waals surface area (Å²) in [5.41, 5.74) is -0.168. The maximum Gasteiger partial charge on any atom is 0.260 e. The molecule has 1 aromatic rings. The van der Waals surface area contributed by atoms with Crippen molar-refractivity contribution in [3.63, 3.8) is 0 Å². The first kappa shape index (κ1) is 17.0. The molecule has 132 valence electrons. The lowest BCUT2D eigenvalue weighted by Crippen LogP contribution is -2.66. The van der Waals surface area contributed by atoms with E-state index in [9.17, 15) is 4.79 Å². The molecular formula is C18H25NO5. The second kappa shape index (κ2) is 7.40. The molecule has 2 aliphatic heterocycles.